The number of nitrogens with zero attached hydrogens (tertiary/aromatic N) is 3. The Bertz CT molecular complexity index is 591. The van der Waals surface area contributed by atoms with Crippen LogP contribution < -0.4 is 0 Å². The summed E-state index contributed by atoms with van der Waals surface area (Å²) in [4.78, 5) is 0. The topological polar surface area (TPSA) is 41.6 Å². The van der Waals surface area contributed by atoms with Gasteiger partial charge in [-0.15, -0.1) is 0 Å². The fraction of sp³-hybridized carbons (Fsp3) is 0.286. The molecule has 0 amide bonds. The molecular formula is C14H14ClN3. The van der Waals surface area contributed by atoms with E-state index < -0.39 is 0 Å². The Morgan fingerprint density at radius 1 is 1.33 bits per heavy atom. The minimum atomic E-state index is 0.289. The largest absolute Gasteiger partial charge is 0.222 e. The van der Waals surface area contributed by atoms with E-state index >= 15 is 0 Å². The predicted octanol–water partition coefficient (Wildman–Crippen LogP) is 3.46. The summed E-state index contributed by atoms with van der Waals surface area (Å²) in [6, 6.07) is 10.2. The minimum Gasteiger partial charge on any atom is -0.222 e. The first-order chi connectivity index (χ1) is 8.67. The van der Waals surface area contributed by atoms with E-state index in [1.54, 1.807) is 4.68 Å². The second kappa shape index (κ2) is 5.24. The van der Waals surface area contributed by atoms with Gasteiger partial charge in [-0.05, 0) is 31.0 Å². The average molecular weight is 260 g/mol. The van der Waals surface area contributed by atoms with Crippen molar-refractivity contribution < 1.29 is 0 Å². The summed E-state index contributed by atoms with van der Waals surface area (Å²) in [6.07, 6.45) is 1.30. The smallest absolute Gasteiger partial charge is 0.137 e. The number of hydrogen-bond donors (Lipinski definition) is 0. The van der Waals surface area contributed by atoms with Crippen molar-refractivity contribution >= 4 is 11.6 Å². The zero-order valence-electron chi connectivity index (χ0n) is 10.4. The highest BCUT2D eigenvalue weighted by atomic mass is 35.5. The Kier molecular flexibility index (Phi) is 3.69. The van der Waals surface area contributed by atoms with Gasteiger partial charge in [0.2, 0.25) is 0 Å². The summed E-state index contributed by atoms with van der Waals surface area (Å²) in [7, 11) is 0. The maximum Gasteiger partial charge on any atom is 0.137 e. The van der Waals surface area contributed by atoms with Crippen molar-refractivity contribution in [3.05, 3.63) is 46.2 Å². The van der Waals surface area contributed by atoms with Crippen LogP contribution in [0.1, 0.15) is 23.7 Å². The molecule has 92 valence electrons. The van der Waals surface area contributed by atoms with Gasteiger partial charge < -0.3 is 0 Å². The third kappa shape index (κ3) is 2.25. The third-order valence-corrected chi connectivity index (χ3v) is 3.35. The van der Waals surface area contributed by atoms with E-state index in [2.05, 4.69) is 30.2 Å². The third-order valence-electron chi connectivity index (χ3n) is 2.97. The maximum atomic E-state index is 8.77. The molecule has 0 unspecified atom stereocenters. The molecule has 0 saturated carbocycles. The predicted molar refractivity (Wildman–Crippen MR) is 72.0 cm³/mol. The van der Waals surface area contributed by atoms with Crippen molar-refractivity contribution in [1.29, 1.82) is 5.26 Å². The Balaban J connectivity index is 2.44. The molecule has 2 rings (SSSR count). The number of rotatable bonds is 3. The van der Waals surface area contributed by atoms with E-state index in [9.17, 15) is 0 Å². The molecule has 3 nitrogen and oxygen atoms in total. The van der Waals surface area contributed by atoms with Crippen LogP contribution in [0.15, 0.2) is 24.3 Å². The van der Waals surface area contributed by atoms with E-state index in [0.29, 0.717) is 5.15 Å². The maximum absolute atomic E-state index is 8.77. The molecule has 0 fully saturated rings. The normalized spacial score (nSPS) is 10.3. The monoisotopic (exact) mass is 259 g/mol. The summed E-state index contributed by atoms with van der Waals surface area (Å²) in [5, 5.41) is 13.7. The lowest BCUT2D eigenvalue weighted by atomic mass is 10.1. The van der Waals surface area contributed by atoms with Gasteiger partial charge in [0.05, 0.1) is 23.9 Å². The number of aryl methyl sites for hydroxylation is 2. The highest BCUT2D eigenvalue weighted by molar-refractivity contribution is 6.30. The Labute approximate surface area is 112 Å². The molecular weight excluding hydrogens is 246 g/mol. The fourth-order valence-corrected chi connectivity index (χ4v) is 2.19. The molecule has 0 N–H and O–H groups in total. The van der Waals surface area contributed by atoms with Crippen LogP contribution in [0.2, 0.25) is 5.15 Å². The van der Waals surface area contributed by atoms with Gasteiger partial charge in [-0.3, -0.25) is 0 Å². The molecule has 0 saturated heterocycles. The Morgan fingerprint density at radius 2 is 2.00 bits per heavy atom. The van der Waals surface area contributed by atoms with E-state index in [1.165, 1.54) is 5.56 Å². The number of nitriles is 1. The molecule has 1 aromatic carbocycles. The summed E-state index contributed by atoms with van der Waals surface area (Å²) < 4.78 is 1.68. The van der Waals surface area contributed by atoms with Crippen molar-refractivity contribution in [1.82, 2.24) is 9.78 Å². The molecule has 1 aromatic heterocycles. The van der Waals surface area contributed by atoms with Gasteiger partial charge in [-0.2, -0.15) is 10.4 Å². The number of hydrogen-bond acceptors (Lipinski definition) is 2. The molecule has 0 bridgehead atoms. The van der Waals surface area contributed by atoms with E-state index in [-0.39, 0.29) is 6.42 Å². The van der Waals surface area contributed by atoms with Crippen LogP contribution in [-0.2, 0) is 12.8 Å². The van der Waals surface area contributed by atoms with Crippen molar-refractivity contribution in [2.45, 2.75) is 26.7 Å². The Morgan fingerprint density at radius 3 is 2.56 bits per heavy atom. The average Bonchev–Trinajstić information content (AvgIpc) is 2.67. The molecule has 4 heteroatoms. The highest BCUT2D eigenvalue weighted by Crippen LogP contribution is 2.24. The van der Waals surface area contributed by atoms with Crippen LogP contribution in [0.5, 0.6) is 0 Å². The quantitative estimate of drug-likeness (QED) is 0.847. The molecule has 0 aliphatic heterocycles. The van der Waals surface area contributed by atoms with Crippen LogP contribution >= 0.6 is 11.6 Å². The molecule has 1 heterocycles. The zero-order valence-corrected chi connectivity index (χ0v) is 11.2. The van der Waals surface area contributed by atoms with Gasteiger partial charge in [0.1, 0.15) is 5.15 Å². The fourth-order valence-electron chi connectivity index (χ4n) is 1.86. The van der Waals surface area contributed by atoms with Gasteiger partial charge in [0.25, 0.3) is 0 Å². The van der Waals surface area contributed by atoms with Crippen molar-refractivity contribution in [2.24, 2.45) is 0 Å². The molecule has 0 aliphatic rings. The van der Waals surface area contributed by atoms with Gasteiger partial charge in [0, 0.05) is 5.56 Å². The second-order valence-corrected chi connectivity index (χ2v) is 4.48. The lowest BCUT2D eigenvalue weighted by molar-refractivity contribution is 0.862. The zero-order chi connectivity index (χ0) is 13.1. The summed E-state index contributed by atoms with van der Waals surface area (Å²) in [5.74, 6) is 0. The van der Waals surface area contributed by atoms with Crippen LogP contribution in [0.4, 0.5) is 0 Å². The van der Waals surface area contributed by atoms with E-state index in [0.717, 1.165) is 23.4 Å². The lowest BCUT2D eigenvalue weighted by Gasteiger charge is -2.04. The minimum absolute atomic E-state index is 0.289. The van der Waals surface area contributed by atoms with Crippen LogP contribution in [0, 0.1) is 18.3 Å². The first-order valence-electron chi connectivity index (χ1n) is 5.87. The number of benzene rings is 1. The van der Waals surface area contributed by atoms with E-state index in [4.69, 9.17) is 16.9 Å². The molecule has 0 atom stereocenters. The molecule has 0 aliphatic carbocycles. The van der Waals surface area contributed by atoms with Crippen LogP contribution in [0.3, 0.4) is 0 Å². The Hall–Kier alpha value is -1.79. The highest BCUT2D eigenvalue weighted by Gasteiger charge is 2.13. The first kappa shape index (κ1) is 12.7. The summed E-state index contributed by atoms with van der Waals surface area (Å²) in [5.41, 5.74) is 3.81. The standard InChI is InChI=1S/C14H14ClN3/c1-3-11-4-6-12(7-5-11)18-14(15)13(8-9-16)10(2)17-18/h4-7H,3,8H2,1-2H3. The van der Waals surface area contributed by atoms with Crippen LogP contribution in [-0.4, -0.2) is 9.78 Å². The lowest BCUT2D eigenvalue weighted by Crippen LogP contribution is -1.97. The van der Waals surface area contributed by atoms with Crippen LogP contribution in [0.25, 0.3) is 5.69 Å². The van der Waals surface area contributed by atoms with Crippen molar-refractivity contribution in [3.63, 3.8) is 0 Å². The molecule has 2 aromatic rings. The second-order valence-electron chi connectivity index (χ2n) is 4.12. The molecule has 18 heavy (non-hydrogen) atoms. The summed E-state index contributed by atoms with van der Waals surface area (Å²) in [6.45, 7) is 3.99. The SMILES string of the molecule is CCc1ccc(-n2nc(C)c(CC#N)c2Cl)cc1. The van der Waals surface area contributed by atoms with Gasteiger partial charge in [0.15, 0.2) is 0 Å². The van der Waals surface area contributed by atoms with E-state index in [1.807, 2.05) is 19.1 Å². The number of aromatic nitrogens is 2. The van der Waals surface area contributed by atoms with Crippen molar-refractivity contribution in [3.8, 4) is 11.8 Å². The number of halogens is 1. The first-order valence-corrected chi connectivity index (χ1v) is 6.25. The van der Waals surface area contributed by atoms with Gasteiger partial charge in [-0.25, -0.2) is 4.68 Å². The molecule has 0 radical (unpaired) electrons. The molecule has 0 spiro atoms. The summed E-state index contributed by atoms with van der Waals surface area (Å²) >= 11 is 6.27. The van der Waals surface area contributed by atoms with Gasteiger partial charge >= 0.3 is 0 Å². The van der Waals surface area contributed by atoms with Gasteiger partial charge in [-0.1, -0.05) is 30.7 Å². The van der Waals surface area contributed by atoms with Crippen molar-refractivity contribution in [2.75, 3.05) is 0 Å².